The minimum atomic E-state index is -0.885. The molecule has 0 bridgehead atoms. The number of carbonyl (C=O) groups excluding carboxylic acids is 5. The number of nitriles is 1. The molecule has 8 heterocycles. The van der Waals surface area contributed by atoms with Crippen molar-refractivity contribution in [3.63, 3.8) is 0 Å². The Morgan fingerprint density at radius 1 is 0.843 bits per heavy atom. The van der Waals surface area contributed by atoms with E-state index in [1.165, 1.54) is 11.8 Å². The van der Waals surface area contributed by atoms with E-state index >= 15 is 0 Å². The number of benzene rings is 1. The van der Waals surface area contributed by atoms with E-state index < -0.39 is 23.5 Å². The van der Waals surface area contributed by atoms with E-state index in [9.17, 15) is 29.2 Å². The van der Waals surface area contributed by atoms with E-state index in [2.05, 4.69) is 62.4 Å². The monoisotopic (exact) mass is 1220 g/mol. The molecule has 2 fully saturated rings. The van der Waals surface area contributed by atoms with Crippen molar-refractivity contribution in [1.82, 2.24) is 55.0 Å². The molecule has 26 heteroatoms. The number of piperazine rings is 1. The third-order valence-electron chi connectivity index (χ3n) is 15.4. The number of rotatable bonds is 27. The quantitative estimate of drug-likeness (QED) is 0.0472. The zero-order valence-corrected chi connectivity index (χ0v) is 51.3. The summed E-state index contributed by atoms with van der Waals surface area (Å²) in [5.41, 5.74) is 2.46. The van der Waals surface area contributed by atoms with Crippen molar-refractivity contribution < 1.29 is 57.1 Å². The van der Waals surface area contributed by atoms with Crippen LogP contribution in [0.25, 0.3) is 11.3 Å². The molecule has 89 heavy (non-hydrogen) atoms. The van der Waals surface area contributed by atoms with Gasteiger partial charge in [0.2, 0.25) is 23.6 Å². The Labute approximate surface area is 516 Å². The predicted octanol–water partition coefficient (Wildman–Crippen LogP) is 5.79. The zero-order valence-electron chi connectivity index (χ0n) is 51.3. The standard InChI is InChI=1S/C63H76N14O12/c1-42-35-74(61-67-32-44(33-68-61)51-15-14-50-58(81)63(5,6)77(59(50)70-51)36-43-10-9-21-65-53(43)31-64)24-25-76(42)56(79)38-75-37-45(71-72-75)39-85-28-26-84-27-29-86-41-57(80)73-22-18-46(19-23-73)88-49-13-16-55(66-34-49)89-48-12-8-11-47(30-48)87-40-54(78)69-52(60(82)83-7)17-20-62(2,3)4/h8-16,21,30,32-34,37,42,46,52H,17-20,22-29,35-36,38-41H2,1-7H3,(H,69,78)/t42-,52+/m1/s1. The molecule has 2 saturated heterocycles. The summed E-state index contributed by atoms with van der Waals surface area (Å²) in [6, 6.07) is 18.7. The van der Waals surface area contributed by atoms with Crippen LogP contribution in [-0.2, 0) is 57.8 Å². The van der Waals surface area contributed by atoms with Crippen LogP contribution in [0.1, 0.15) is 94.5 Å². The molecule has 9 rings (SSSR count). The number of amides is 3. The normalized spacial score (nSPS) is 16.1. The lowest BCUT2D eigenvalue weighted by atomic mass is 9.88. The fraction of sp³-hybridized carbons (Fsp3) is 0.476. The van der Waals surface area contributed by atoms with Crippen molar-refractivity contribution >= 4 is 41.2 Å². The van der Waals surface area contributed by atoms with Crippen LogP contribution in [0, 0.1) is 16.7 Å². The molecule has 3 amide bonds. The number of hydrogen-bond donors (Lipinski definition) is 1. The Kier molecular flexibility index (Phi) is 21.4. The average Bonchev–Trinajstić information content (AvgIpc) is 1.72. The fourth-order valence-corrected chi connectivity index (χ4v) is 10.4. The fourth-order valence-electron chi connectivity index (χ4n) is 10.4. The summed E-state index contributed by atoms with van der Waals surface area (Å²) in [5, 5.41) is 20.7. The molecule has 6 aromatic rings. The number of ether oxygens (including phenoxy) is 7. The van der Waals surface area contributed by atoms with E-state index in [1.807, 2.05) is 41.5 Å². The van der Waals surface area contributed by atoms with Crippen LogP contribution in [0.3, 0.4) is 0 Å². The van der Waals surface area contributed by atoms with Crippen molar-refractivity contribution in [3.05, 3.63) is 114 Å². The molecule has 5 aromatic heterocycles. The number of hydrogen-bond acceptors (Lipinski definition) is 22. The van der Waals surface area contributed by atoms with Gasteiger partial charge in [0.25, 0.3) is 5.91 Å². The molecule has 0 spiro atoms. The second-order valence-corrected chi connectivity index (χ2v) is 23.6. The summed E-state index contributed by atoms with van der Waals surface area (Å²) >= 11 is 0. The van der Waals surface area contributed by atoms with Crippen LogP contribution in [0.2, 0.25) is 0 Å². The first-order valence-corrected chi connectivity index (χ1v) is 29.7. The Bertz CT molecular complexity index is 3450. The van der Waals surface area contributed by atoms with Gasteiger partial charge >= 0.3 is 5.97 Å². The van der Waals surface area contributed by atoms with Gasteiger partial charge in [0, 0.05) is 100 Å². The molecule has 3 aliphatic heterocycles. The highest BCUT2D eigenvalue weighted by atomic mass is 16.5. The maximum Gasteiger partial charge on any atom is 0.328 e. The van der Waals surface area contributed by atoms with Gasteiger partial charge in [-0.3, -0.25) is 19.2 Å². The van der Waals surface area contributed by atoms with Gasteiger partial charge in [-0.15, -0.1) is 5.10 Å². The first-order chi connectivity index (χ1) is 42.8. The highest BCUT2D eigenvalue weighted by molar-refractivity contribution is 6.13. The van der Waals surface area contributed by atoms with E-state index in [4.69, 9.17) is 38.1 Å². The second kappa shape index (κ2) is 29.7. The van der Waals surface area contributed by atoms with Crippen molar-refractivity contribution in [3.8, 4) is 40.5 Å². The first-order valence-electron chi connectivity index (χ1n) is 29.7. The third-order valence-corrected chi connectivity index (χ3v) is 15.4. The molecular weight excluding hydrogens is 1140 g/mol. The highest BCUT2D eigenvalue weighted by Gasteiger charge is 2.45. The largest absolute Gasteiger partial charge is 0.489 e. The molecule has 0 unspecified atom stereocenters. The van der Waals surface area contributed by atoms with E-state index in [0.717, 1.165) is 6.42 Å². The van der Waals surface area contributed by atoms with Crippen molar-refractivity contribution in [1.29, 1.82) is 5.26 Å². The molecule has 1 N–H and O–H groups in total. The lowest BCUT2D eigenvalue weighted by molar-refractivity contribution is -0.145. The van der Waals surface area contributed by atoms with Crippen LogP contribution in [0.15, 0.2) is 91.6 Å². The Balaban J connectivity index is 0.606. The molecule has 0 saturated carbocycles. The number of Topliss-reactive ketones (excluding diaryl/α,β-unsaturated/α-hetero) is 1. The first kappa shape index (κ1) is 64.3. The number of methoxy groups -OCH3 is 1. The minimum absolute atomic E-state index is 0.0157. The number of anilines is 2. The van der Waals surface area contributed by atoms with Crippen LogP contribution in [-0.4, -0.2) is 182 Å². The smallest absolute Gasteiger partial charge is 0.328 e. The van der Waals surface area contributed by atoms with Crippen LogP contribution >= 0.6 is 0 Å². The summed E-state index contributed by atoms with van der Waals surface area (Å²) in [7, 11) is 1.29. The minimum Gasteiger partial charge on any atom is -0.489 e. The number of aromatic nitrogens is 8. The van der Waals surface area contributed by atoms with E-state index in [-0.39, 0.29) is 81.3 Å². The highest BCUT2D eigenvalue weighted by Crippen LogP contribution is 2.40. The number of esters is 1. The van der Waals surface area contributed by atoms with Gasteiger partial charge < -0.3 is 58.1 Å². The molecule has 0 aliphatic carbocycles. The lowest BCUT2D eigenvalue weighted by Gasteiger charge is -2.39. The number of nitrogens with one attached hydrogen (secondary N) is 1. The molecule has 3 aliphatic rings. The Morgan fingerprint density at radius 2 is 1.61 bits per heavy atom. The summed E-state index contributed by atoms with van der Waals surface area (Å²) in [5.74, 6) is 1.60. The SMILES string of the molecule is COC(=O)[C@H](CCC(C)(C)C)NC(=O)COc1cccc(Oc2ccc(OC3CCN(C(=O)COCCOCCOCc4cn(CC(=O)N5CCN(c6ncc(-c7ccc8c(n7)N(Cc7cccnc7C#N)C(C)(C)C8=O)cn6)C[C@H]5C)nn4)CC3)cn2)c1. The molecule has 2 atom stereocenters. The molecule has 1 aromatic carbocycles. The maximum atomic E-state index is 13.5. The van der Waals surface area contributed by atoms with Crippen LogP contribution < -0.4 is 29.3 Å². The summed E-state index contributed by atoms with van der Waals surface area (Å²) < 4.78 is 41.2. The molecule has 26 nitrogen and oxygen atoms in total. The number of fused-ring (bicyclic) bond motifs is 1. The second-order valence-electron chi connectivity index (χ2n) is 23.6. The Morgan fingerprint density at radius 3 is 2.34 bits per heavy atom. The molecular formula is C63H76N14O12. The molecule has 470 valence electrons. The Hall–Kier alpha value is -9.19. The van der Waals surface area contributed by atoms with Gasteiger partial charge in [0.15, 0.2) is 12.4 Å². The number of piperidine rings is 1. The topological polar surface area (TPSA) is 294 Å². The van der Waals surface area contributed by atoms with Gasteiger partial charge in [0.1, 0.15) is 65.8 Å². The number of pyridine rings is 3. The third kappa shape index (κ3) is 17.3. The zero-order chi connectivity index (χ0) is 63.1. The van der Waals surface area contributed by atoms with Crippen LogP contribution in [0.4, 0.5) is 11.8 Å². The molecule has 0 radical (unpaired) electrons. The van der Waals surface area contributed by atoms with E-state index in [1.54, 1.807) is 90.5 Å². The van der Waals surface area contributed by atoms with Gasteiger partial charge in [-0.1, -0.05) is 38.1 Å². The van der Waals surface area contributed by atoms with Crippen LogP contribution in [0.5, 0.6) is 23.1 Å². The predicted molar refractivity (Wildman–Crippen MR) is 323 cm³/mol. The number of carbonyl (C=O) groups is 5. The lowest BCUT2D eigenvalue weighted by Crippen LogP contribution is -2.55. The van der Waals surface area contributed by atoms with Gasteiger partial charge in [-0.25, -0.2) is 34.4 Å². The summed E-state index contributed by atoms with van der Waals surface area (Å²) in [6.07, 6.45) is 10.6. The number of nitrogens with zero attached hydrogens (tertiary/aromatic N) is 13. The van der Waals surface area contributed by atoms with Crippen molar-refractivity contribution in [2.75, 3.05) is 89.3 Å². The number of ketones is 1. The summed E-state index contributed by atoms with van der Waals surface area (Å²) in [6.45, 7) is 15.7. The average molecular weight is 1220 g/mol. The van der Waals surface area contributed by atoms with Gasteiger partial charge in [-0.2, -0.15) is 5.26 Å². The number of likely N-dealkylation sites (tertiary alicyclic amines) is 1. The van der Waals surface area contributed by atoms with Gasteiger partial charge in [-0.05, 0) is 75.4 Å². The van der Waals surface area contributed by atoms with Gasteiger partial charge in [0.05, 0.1) is 69.3 Å². The summed E-state index contributed by atoms with van der Waals surface area (Å²) in [4.78, 5) is 95.2. The van der Waals surface area contributed by atoms with E-state index in [0.29, 0.717) is 134 Å². The van der Waals surface area contributed by atoms with Crippen molar-refractivity contribution in [2.45, 2.75) is 111 Å². The van der Waals surface area contributed by atoms with Crippen molar-refractivity contribution in [2.24, 2.45) is 5.41 Å². The maximum absolute atomic E-state index is 13.5.